The van der Waals surface area contributed by atoms with Gasteiger partial charge in [-0.2, -0.15) is 0 Å². The van der Waals surface area contributed by atoms with Crippen molar-refractivity contribution in [3.63, 3.8) is 0 Å². The Morgan fingerprint density at radius 2 is 1.96 bits per heavy atom. The van der Waals surface area contributed by atoms with Crippen LogP contribution in [0.3, 0.4) is 0 Å². The predicted octanol–water partition coefficient (Wildman–Crippen LogP) is 4.55. The summed E-state index contributed by atoms with van der Waals surface area (Å²) in [6.45, 7) is 11.9. The van der Waals surface area contributed by atoms with E-state index in [0.717, 1.165) is 22.2 Å². The van der Waals surface area contributed by atoms with Gasteiger partial charge in [-0.3, -0.25) is 14.7 Å². The van der Waals surface area contributed by atoms with E-state index in [1.165, 1.54) is 34.1 Å². The number of benzene rings is 1. The van der Waals surface area contributed by atoms with Crippen molar-refractivity contribution in [3.05, 3.63) is 39.8 Å². The summed E-state index contributed by atoms with van der Waals surface area (Å²) in [5, 5.41) is 0.742. The third kappa shape index (κ3) is 2.98. The summed E-state index contributed by atoms with van der Waals surface area (Å²) >= 11 is 1.44. The van der Waals surface area contributed by atoms with Crippen molar-refractivity contribution < 1.29 is 4.79 Å². The average molecular weight is 370 g/mol. The molecule has 0 spiro atoms. The van der Waals surface area contributed by atoms with Gasteiger partial charge in [-0.1, -0.05) is 6.08 Å². The SMILES string of the molecule is CCN1c2cc(C)c(/C=C3\SC(=NC)N(C)C3=O)cc2C(C)=CC1(C)C. The molecule has 4 nitrogen and oxygen atoms in total. The number of fused-ring (bicyclic) bond motifs is 1. The first-order valence-electron chi connectivity index (χ1n) is 8.96. The Morgan fingerprint density at radius 3 is 2.54 bits per heavy atom. The van der Waals surface area contributed by atoms with Crippen LogP contribution in [-0.4, -0.2) is 42.2 Å². The van der Waals surface area contributed by atoms with Crippen LogP contribution in [0.25, 0.3) is 11.6 Å². The number of allylic oxidation sites excluding steroid dienone is 1. The van der Waals surface area contributed by atoms with Gasteiger partial charge < -0.3 is 4.90 Å². The fourth-order valence-electron chi connectivity index (χ4n) is 3.87. The summed E-state index contributed by atoms with van der Waals surface area (Å²) < 4.78 is 0. The first-order valence-corrected chi connectivity index (χ1v) is 9.77. The lowest BCUT2D eigenvalue weighted by atomic mass is 9.87. The normalized spacial score (nSPS) is 22.3. The number of aryl methyl sites for hydroxylation is 1. The molecule has 0 saturated carbocycles. The van der Waals surface area contributed by atoms with Gasteiger partial charge in [0.2, 0.25) is 0 Å². The smallest absolute Gasteiger partial charge is 0.266 e. The zero-order valence-electron chi connectivity index (χ0n) is 16.7. The van der Waals surface area contributed by atoms with Crippen molar-refractivity contribution in [2.24, 2.45) is 4.99 Å². The van der Waals surface area contributed by atoms with Crippen molar-refractivity contribution in [1.82, 2.24) is 4.90 Å². The van der Waals surface area contributed by atoms with E-state index in [-0.39, 0.29) is 11.4 Å². The number of hydrogen-bond acceptors (Lipinski definition) is 4. The molecule has 0 aliphatic carbocycles. The standard InChI is InChI=1S/C21H27N3OS/c1-8-24-17-9-13(2)15(10-16(17)14(3)12-21(24,4)5)11-18-19(25)23(7)20(22-6)26-18/h9-12H,8H2,1-7H3/b18-11-,22-20?. The average Bonchev–Trinajstić information content (AvgIpc) is 2.83. The van der Waals surface area contributed by atoms with Crippen LogP contribution in [0.15, 0.2) is 28.1 Å². The van der Waals surface area contributed by atoms with Gasteiger partial charge in [-0.05, 0) is 81.3 Å². The highest BCUT2D eigenvalue weighted by atomic mass is 32.2. The quantitative estimate of drug-likeness (QED) is 0.718. The van der Waals surface area contributed by atoms with Crippen LogP contribution in [0.5, 0.6) is 0 Å². The minimum atomic E-state index is 0.00469. The fourth-order valence-corrected chi connectivity index (χ4v) is 4.79. The molecule has 0 N–H and O–H groups in total. The van der Waals surface area contributed by atoms with Gasteiger partial charge in [0.15, 0.2) is 5.17 Å². The minimum Gasteiger partial charge on any atom is -0.363 e. The second-order valence-corrected chi connectivity index (χ2v) is 8.44. The van der Waals surface area contributed by atoms with E-state index in [1.807, 2.05) is 6.08 Å². The van der Waals surface area contributed by atoms with E-state index >= 15 is 0 Å². The van der Waals surface area contributed by atoms with Gasteiger partial charge >= 0.3 is 0 Å². The fraction of sp³-hybridized carbons (Fsp3) is 0.429. The van der Waals surface area contributed by atoms with Gasteiger partial charge in [0.1, 0.15) is 0 Å². The van der Waals surface area contributed by atoms with Crippen LogP contribution in [0, 0.1) is 6.92 Å². The number of amidine groups is 1. The molecular formula is C21H27N3OS. The van der Waals surface area contributed by atoms with E-state index in [0.29, 0.717) is 0 Å². The molecule has 0 atom stereocenters. The first kappa shape index (κ1) is 18.8. The van der Waals surface area contributed by atoms with Crippen molar-refractivity contribution in [1.29, 1.82) is 0 Å². The Kier molecular flexibility index (Phi) is 4.78. The van der Waals surface area contributed by atoms with Crippen LogP contribution in [0.2, 0.25) is 0 Å². The molecule has 2 aliphatic heterocycles. The van der Waals surface area contributed by atoms with Gasteiger partial charge in [0.25, 0.3) is 5.91 Å². The number of thioether (sulfide) groups is 1. The topological polar surface area (TPSA) is 35.9 Å². The lowest BCUT2D eigenvalue weighted by molar-refractivity contribution is -0.121. The van der Waals surface area contributed by atoms with Crippen LogP contribution in [0.1, 0.15) is 44.4 Å². The van der Waals surface area contributed by atoms with E-state index < -0.39 is 0 Å². The number of likely N-dealkylation sites (N-methyl/N-ethyl adjacent to an activating group) is 2. The predicted molar refractivity (Wildman–Crippen MR) is 114 cm³/mol. The molecule has 2 aliphatic rings. The molecule has 0 bridgehead atoms. The van der Waals surface area contributed by atoms with Crippen molar-refractivity contribution in [2.75, 3.05) is 25.5 Å². The Hall–Kier alpha value is -2.01. The Bertz CT molecular complexity index is 864. The van der Waals surface area contributed by atoms with Gasteiger partial charge in [0, 0.05) is 31.9 Å². The number of carbonyl (C=O) groups is 1. The Labute approximate surface area is 160 Å². The number of amides is 1. The third-order valence-electron chi connectivity index (χ3n) is 5.16. The molecule has 1 aromatic carbocycles. The molecule has 2 heterocycles. The zero-order valence-corrected chi connectivity index (χ0v) is 17.5. The molecule has 138 valence electrons. The number of carbonyl (C=O) groups excluding carboxylic acids is 1. The summed E-state index contributed by atoms with van der Waals surface area (Å²) in [5.41, 5.74) is 6.08. The van der Waals surface area contributed by atoms with E-state index in [9.17, 15) is 4.79 Å². The number of nitrogens with zero attached hydrogens (tertiary/aromatic N) is 3. The lowest BCUT2D eigenvalue weighted by Gasteiger charge is -2.43. The summed E-state index contributed by atoms with van der Waals surface area (Å²) in [4.78, 5) is 21.4. The van der Waals surface area contributed by atoms with Crippen LogP contribution in [0.4, 0.5) is 5.69 Å². The molecule has 1 saturated heterocycles. The maximum Gasteiger partial charge on any atom is 0.266 e. The molecule has 5 heteroatoms. The Balaban J connectivity index is 2.10. The molecule has 3 rings (SSSR count). The summed E-state index contributed by atoms with van der Waals surface area (Å²) in [6, 6.07) is 4.47. The summed E-state index contributed by atoms with van der Waals surface area (Å²) in [5.74, 6) is 0.0105. The molecule has 1 fully saturated rings. The highest BCUT2D eigenvalue weighted by Crippen LogP contribution is 2.41. The van der Waals surface area contributed by atoms with Crippen LogP contribution < -0.4 is 4.90 Å². The first-order chi connectivity index (χ1) is 12.2. The Morgan fingerprint density at radius 1 is 1.27 bits per heavy atom. The number of hydrogen-bond donors (Lipinski definition) is 0. The highest BCUT2D eigenvalue weighted by Gasteiger charge is 2.32. The molecular weight excluding hydrogens is 342 g/mol. The largest absolute Gasteiger partial charge is 0.363 e. The molecule has 0 aromatic heterocycles. The maximum atomic E-state index is 12.5. The summed E-state index contributed by atoms with van der Waals surface area (Å²) in [6.07, 6.45) is 4.33. The molecule has 1 aromatic rings. The molecule has 26 heavy (non-hydrogen) atoms. The molecule has 0 unspecified atom stereocenters. The van der Waals surface area contributed by atoms with E-state index in [2.05, 4.69) is 62.7 Å². The second kappa shape index (κ2) is 6.62. The van der Waals surface area contributed by atoms with E-state index in [4.69, 9.17) is 0 Å². The summed E-state index contributed by atoms with van der Waals surface area (Å²) in [7, 11) is 3.49. The zero-order chi connectivity index (χ0) is 19.2. The second-order valence-electron chi connectivity index (χ2n) is 7.43. The van der Waals surface area contributed by atoms with Crippen LogP contribution in [-0.2, 0) is 4.79 Å². The van der Waals surface area contributed by atoms with Crippen molar-refractivity contribution in [2.45, 2.75) is 40.2 Å². The van der Waals surface area contributed by atoms with E-state index in [1.54, 1.807) is 19.0 Å². The maximum absolute atomic E-state index is 12.5. The molecule has 0 radical (unpaired) electrons. The van der Waals surface area contributed by atoms with Crippen molar-refractivity contribution in [3.8, 4) is 0 Å². The van der Waals surface area contributed by atoms with Gasteiger partial charge in [0.05, 0.1) is 10.4 Å². The van der Waals surface area contributed by atoms with Crippen LogP contribution >= 0.6 is 11.8 Å². The number of anilines is 1. The number of rotatable bonds is 2. The van der Waals surface area contributed by atoms with Gasteiger partial charge in [-0.25, -0.2) is 0 Å². The van der Waals surface area contributed by atoms with Crippen molar-refractivity contribution >= 4 is 40.2 Å². The molecule has 1 amide bonds. The van der Waals surface area contributed by atoms with Gasteiger partial charge in [-0.15, -0.1) is 0 Å². The monoisotopic (exact) mass is 369 g/mol. The minimum absolute atomic E-state index is 0.00469. The third-order valence-corrected chi connectivity index (χ3v) is 6.31. The number of aliphatic imine (C=N–C) groups is 1. The lowest BCUT2D eigenvalue weighted by Crippen LogP contribution is -2.44. The highest BCUT2D eigenvalue weighted by molar-refractivity contribution is 8.18.